The smallest absolute Gasteiger partial charge is 0.0579 e. The normalized spacial score (nSPS) is 14.7. The third-order valence-corrected chi connectivity index (χ3v) is 3.20. The molecule has 2 unspecified atom stereocenters. The summed E-state index contributed by atoms with van der Waals surface area (Å²) in [6.45, 7) is 8.70. The molecule has 0 saturated carbocycles. The second-order valence-electron chi connectivity index (χ2n) is 4.35. The summed E-state index contributed by atoms with van der Waals surface area (Å²) in [6.07, 6.45) is 1.18. The van der Waals surface area contributed by atoms with Crippen LogP contribution in [0.1, 0.15) is 32.8 Å². The van der Waals surface area contributed by atoms with Crippen molar-refractivity contribution in [3.8, 4) is 0 Å². The Morgan fingerprint density at radius 1 is 1.33 bits per heavy atom. The molecule has 0 aliphatic heterocycles. The zero-order valence-corrected chi connectivity index (χ0v) is 10.2. The van der Waals surface area contributed by atoms with Gasteiger partial charge in [0.25, 0.3) is 0 Å². The monoisotopic (exact) mass is 206 g/mol. The molecular formula is C13H22N2. The van der Waals surface area contributed by atoms with E-state index < -0.39 is 0 Å². The maximum absolute atomic E-state index is 6.01. The first-order chi connectivity index (χ1) is 7.06. The molecule has 0 spiro atoms. The van der Waals surface area contributed by atoms with Crippen molar-refractivity contribution >= 4 is 11.4 Å². The number of nitrogen functional groups attached to an aromatic ring is 1. The van der Waals surface area contributed by atoms with Gasteiger partial charge in [-0.3, -0.25) is 0 Å². The van der Waals surface area contributed by atoms with Gasteiger partial charge in [0.2, 0.25) is 0 Å². The molecule has 0 amide bonds. The van der Waals surface area contributed by atoms with Gasteiger partial charge in [-0.25, -0.2) is 0 Å². The zero-order valence-electron chi connectivity index (χ0n) is 10.2. The fourth-order valence-electron chi connectivity index (χ4n) is 1.55. The molecule has 2 nitrogen and oxygen atoms in total. The summed E-state index contributed by atoms with van der Waals surface area (Å²) in [5, 5.41) is 3.48. The quantitative estimate of drug-likeness (QED) is 0.741. The van der Waals surface area contributed by atoms with E-state index in [9.17, 15) is 0 Å². The Kier molecular flexibility index (Phi) is 4.01. The van der Waals surface area contributed by atoms with Crippen LogP contribution in [0.25, 0.3) is 0 Å². The van der Waals surface area contributed by atoms with Crippen molar-refractivity contribution in [3.63, 3.8) is 0 Å². The predicted molar refractivity (Wildman–Crippen MR) is 68.1 cm³/mol. The van der Waals surface area contributed by atoms with Gasteiger partial charge in [0.15, 0.2) is 0 Å². The first kappa shape index (κ1) is 11.9. The Bertz CT molecular complexity index is 320. The number of benzene rings is 1. The van der Waals surface area contributed by atoms with Gasteiger partial charge in [-0.15, -0.1) is 0 Å². The van der Waals surface area contributed by atoms with Crippen LogP contribution < -0.4 is 11.1 Å². The summed E-state index contributed by atoms with van der Waals surface area (Å²) in [6, 6.07) is 6.58. The molecule has 1 aromatic carbocycles. The van der Waals surface area contributed by atoms with E-state index in [1.54, 1.807) is 0 Å². The highest BCUT2D eigenvalue weighted by molar-refractivity contribution is 5.69. The summed E-state index contributed by atoms with van der Waals surface area (Å²) in [5.41, 5.74) is 9.07. The number of nitrogens with two attached hydrogens (primary N) is 1. The van der Waals surface area contributed by atoms with Crippen molar-refractivity contribution in [1.29, 1.82) is 0 Å². The first-order valence-electron chi connectivity index (χ1n) is 5.67. The lowest BCUT2D eigenvalue weighted by molar-refractivity contribution is 0.495. The highest BCUT2D eigenvalue weighted by Gasteiger charge is 2.11. The van der Waals surface area contributed by atoms with Crippen molar-refractivity contribution in [2.24, 2.45) is 5.92 Å². The number of hydrogen-bond donors (Lipinski definition) is 2. The molecule has 1 rings (SSSR count). The summed E-state index contributed by atoms with van der Waals surface area (Å²) >= 11 is 0. The topological polar surface area (TPSA) is 38.0 Å². The average molecular weight is 206 g/mol. The van der Waals surface area contributed by atoms with Gasteiger partial charge in [-0.05, 0) is 31.4 Å². The maximum Gasteiger partial charge on any atom is 0.0579 e. The van der Waals surface area contributed by atoms with E-state index in [0.29, 0.717) is 12.0 Å². The van der Waals surface area contributed by atoms with Crippen molar-refractivity contribution < 1.29 is 0 Å². The van der Waals surface area contributed by atoms with Gasteiger partial charge < -0.3 is 11.1 Å². The standard InChI is InChI=1S/C13H22N2/c1-5-9(2)11(4)15-12-8-6-7-10(3)13(12)14/h6-9,11,15H,5,14H2,1-4H3. The largest absolute Gasteiger partial charge is 0.397 e. The summed E-state index contributed by atoms with van der Waals surface area (Å²) < 4.78 is 0. The van der Waals surface area contributed by atoms with E-state index in [-0.39, 0.29) is 0 Å². The van der Waals surface area contributed by atoms with Crippen molar-refractivity contribution in [2.75, 3.05) is 11.1 Å². The molecule has 2 heteroatoms. The van der Waals surface area contributed by atoms with Crippen molar-refractivity contribution in [3.05, 3.63) is 23.8 Å². The summed E-state index contributed by atoms with van der Waals surface area (Å²) in [5.74, 6) is 0.657. The van der Waals surface area contributed by atoms with Gasteiger partial charge in [0.1, 0.15) is 0 Å². The molecule has 15 heavy (non-hydrogen) atoms. The third kappa shape index (κ3) is 2.88. The average Bonchev–Trinajstić information content (AvgIpc) is 2.23. The van der Waals surface area contributed by atoms with Crippen LogP contribution in [0, 0.1) is 12.8 Å². The fourth-order valence-corrected chi connectivity index (χ4v) is 1.55. The molecule has 0 aliphatic carbocycles. The molecule has 0 radical (unpaired) electrons. The summed E-state index contributed by atoms with van der Waals surface area (Å²) in [4.78, 5) is 0. The molecule has 1 aromatic rings. The van der Waals surface area contributed by atoms with Crippen LogP contribution in [0.3, 0.4) is 0 Å². The van der Waals surface area contributed by atoms with Gasteiger partial charge in [0, 0.05) is 6.04 Å². The number of anilines is 2. The highest BCUT2D eigenvalue weighted by atomic mass is 14.9. The zero-order chi connectivity index (χ0) is 11.4. The highest BCUT2D eigenvalue weighted by Crippen LogP contribution is 2.24. The molecule has 84 valence electrons. The van der Waals surface area contributed by atoms with Gasteiger partial charge in [-0.1, -0.05) is 32.4 Å². The van der Waals surface area contributed by atoms with Crippen LogP contribution in [0.4, 0.5) is 11.4 Å². The lowest BCUT2D eigenvalue weighted by atomic mass is 10.0. The second-order valence-corrected chi connectivity index (χ2v) is 4.35. The lowest BCUT2D eigenvalue weighted by Crippen LogP contribution is -2.23. The molecule has 0 bridgehead atoms. The van der Waals surface area contributed by atoms with E-state index in [4.69, 9.17) is 5.73 Å². The second kappa shape index (κ2) is 5.06. The first-order valence-corrected chi connectivity index (χ1v) is 5.67. The molecule has 0 saturated heterocycles. The van der Waals surface area contributed by atoms with Crippen LogP contribution in [0.5, 0.6) is 0 Å². The molecule has 0 aromatic heterocycles. The van der Waals surface area contributed by atoms with E-state index in [0.717, 1.165) is 16.9 Å². The fraction of sp³-hybridized carbons (Fsp3) is 0.538. The minimum atomic E-state index is 0.457. The van der Waals surface area contributed by atoms with Crippen molar-refractivity contribution in [2.45, 2.75) is 40.2 Å². The molecule has 2 atom stereocenters. The number of para-hydroxylation sites is 1. The van der Waals surface area contributed by atoms with E-state index in [1.165, 1.54) is 6.42 Å². The molecule has 0 fully saturated rings. The Morgan fingerprint density at radius 3 is 2.60 bits per heavy atom. The maximum atomic E-state index is 6.01. The minimum absolute atomic E-state index is 0.457. The van der Waals surface area contributed by atoms with Gasteiger partial charge >= 0.3 is 0 Å². The Morgan fingerprint density at radius 2 is 2.00 bits per heavy atom. The Hall–Kier alpha value is -1.18. The van der Waals surface area contributed by atoms with E-state index >= 15 is 0 Å². The van der Waals surface area contributed by atoms with Crippen LogP contribution in [-0.4, -0.2) is 6.04 Å². The van der Waals surface area contributed by atoms with Crippen molar-refractivity contribution in [1.82, 2.24) is 0 Å². The van der Waals surface area contributed by atoms with Gasteiger partial charge in [-0.2, -0.15) is 0 Å². The Labute approximate surface area is 92.9 Å². The molecule has 3 N–H and O–H groups in total. The number of hydrogen-bond acceptors (Lipinski definition) is 2. The minimum Gasteiger partial charge on any atom is -0.397 e. The number of nitrogens with one attached hydrogen (secondary N) is 1. The van der Waals surface area contributed by atoms with Crippen LogP contribution in [0.2, 0.25) is 0 Å². The molecule has 0 heterocycles. The number of rotatable bonds is 4. The van der Waals surface area contributed by atoms with Gasteiger partial charge in [0.05, 0.1) is 11.4 Å². The lowest BCUT2D eigenvalue weighted by Gasteiger charge is -2.22. The predicted octanol–water partition coefficient (Wildman–Crippen LogP) is 3.42. The molecule has 0 aliphatic rings. The Balaban J connectivity index is 2.76. The van der Waals surface area contributed by atoms with E-state index in [1.807, 2.05) is 25.1 Å². The third-order valence-electron chi connectivity index (χ3n) is 3.20. The molecular weight excluding hydrogens is 184 g/mol. The van der Waals surface area contributed by atoms with E-state index in [2.05, 4.69) is 26.1 Å². The van der Waals surface area contributed by atoms with Crippen LogP contribution in [-0.2, 0) is 0 Å². The van der Waals surface area contributed by atoms with Crippen LogP contribution in [0.15, 0.2) is 18.2 Å². The summed E-state index contributed by atoms with van der Waals surface area (Å²) in [7, 11) is 0. The SMILES string of the molecule is CCC(C)C(C)Nc1cccc(C)c1N. The van der Waals surface area contributed by atoms with Crippen LogP contribution >= 0.6 is 0 Å². The number of aryl methyl sites for hydroxylation is 1.